The number of sulfonamides is 1. The predicted octanol–water partition coefficient (Wildman–Crippen LogP) is 4.74. The van der Waals surface area contributed by atoms with Gasteiger partial charge in [0.2, 0.25) is 10.0 Å². The van der Waals surface area contributed by atoms with Crippen molar-refractivity contribution in [2.45, 2.75) is 58.5 Å². The number of anilines is 1. The molecule has 11 nitrogen and oxygen atoms in total. The number of hydrogen-bond acceptors (Lipinski definition) is 8. The molecular formula is C29H41N5O6S. The summed E-state index contributed by atoms with van der Waals surface area (Å²) in [5.74, 6) is -0.0152. The maximum Gasteiger partial charge on any atom is 0.410 e. The molecule has 3 rings (SSSR count). The van der Waals surface area contributed by atoms with Crippen molar-refractivity contribution in [1.82, 2.24) is 14.5 Å². The van der Waals surface area contributed by atoms with E-state index in [1.54, 1.807) is 40.0 Å². The Bertz CT molecular complexity index is 1360. The minimum atomic E-state index is -4.12. The van der Waals surface area contributed by atoms with Crippen LogP contribution in [0.2, 0.25) is 0 Å². The monoisotopic (exact) mass is 587 g/mol. The molecule has 0 radical (unpaired) electrons. The van der Waals surface area contributed by atoms with Crippen LogP contribution in [0.4, 0.5) is 10.5 Å². The first-order chi connectivity index (χ1) is 19.3. The van der Waals surface area contributed by atoms with Gasteiger partial charge in [-0.05, 0) is 63.6 Å². The molecule has 0 atom stereocenters. The zero-order chi connectivity index (χ0) is 30.8. The molecule has 1 aliphatic rings. The van der Waals surface area contributed by atoms with E-state index < -0.39 is 27.6 Å². The second-order valence-corrected chi connectivity index (χ2v) is 12.0. The van der Waals surface area contributed by atoms with Crippen molar-refractivity contribution in [3.05, 3.63) is 47.5 Å². The Hall–Kier alpha value is -3.82. The molecular weight excluding hydrogens is 546 g/mol. The SMILES string of the molecule is CC.CNc1cc(C)cc(Oc2ccc(C(=O)NCCC#N)cc2S(=O)(=O)N2CCN(C(=O)OC(C)(C)C)CC2)c1. The van der Waals surface area contributed by atoms with Crippen LogP contribution < -0.4 is 15.4 Å². The van der Waals surface area contributed by atoms with Crippen LogP contribution in [0.25, 0.3) is 0 Å². The van der Waals surface area contributed by atoms with E-state index in [9.17, 15) is 18.0 Å². The van der Waals surface area contributed by atoms with Crippen LogP contribution in [0.5, 0.6) is 11.5 Å². The van der Waals surface area contributed by atoms with Crippen molar-refractivity contribution < 1.29 is 27.5 Å². The van der Waals surface area contributed by atoms with Gasteiger partial charge in [-0.25, -0.2) is 13.2 Å². The molecule has 2 N–H and O–H groups in total. The highest BCUT2D eigenvalue weighted by Gasteiger charge is 2.34. The van der Waals surface area contributed by atoms with Crippen molar-refractivity contribution in [1.29, 1.82) is 5.26 Å². The van der Waals surface area contributed by atoms with Gasteiger partial charge in [-0.1, -0.05) is 13.8 Å². The van der Waals surface area contributed by atoms with Crippen molar-refractivity contribution in [2.24, 2.45) is 0 Å². The number of piperazine rings is 1. The number of amides is 2. The molecule has 0 aliphatic carbocycles. The standard InChI is InChI=1S/C27H35N5O6S.C2H6/c1-19-15-21(29-5)18-22(16-19)37-23-8-7-20(25(33)30-10-6-9-28)17-24(23)39(35,36)32-13-11-31(12-14-32)26(34)38-27(2,3)4;1-2/h7-8,15-18,29H,6,10-14H2,1-5H3,(H,30,33);1-2H3. The first kappa shape index (κ1) is 33.4. The Morgan fingerprint density at radius 2 is 1.71 bits per heavy atom. The Balaban J connectivity index is 0.00000287. The van der Waals surface area contributed by atoms with Crippen LogP contribution in [0, 0.1) is 18.3 Å². The molecule has 1 aliphatic heterocycles. The molecule has 0 saturated carbocycles. The molecule has 2 aromatic rings. The maximum atomic E-state index is 13.9. The van der Waals surface area contributed by atoms with E-state index >= 15 is 0 Å². The average molecular weight is 588 g/mol. The largest absolute Gasteiger partial charge is 0.456 e. The number of benzene rings is 2. The summed E-state index contributed by atoms with van der Waals surface area (Å²) in [6.07, 6.45) is -0.374. The minimum Gasteiger partial charge on any atom is -0.456 e. The first-order valence-corrected chi connectivity index (χ1v) is 15.0. The third-order valence-corrected chi connectivity index (χ3v) is 7.72. The maximum absolute atomic E-state index is 13.9. The van der Waals surface area contributed by atoms with Crippen molar-refractivity contribution >= 4 is 27.7 Å². The average Bonchev–Trinajstić information content (AvgIpc) is 2.93. The highest BCUT2D eigenvalue weighted by molar-refractivity contribution is 7.89. The smallest absolute Gasteiger partial charge is 0.410 e. The van der Waals surface area contributed by atoms with Gasteiger partial charge in [0.25, 0.3) is 5.91 Å². The quantitative estimate of drug-likeness (QED) is 0.422. The second kappa shape index (κ2) is 14.7. The molecule has 0 unspecified atom stereocenters. The number of hydrogen-bond donors (Lipinski definition) is 2. The normalized spacial score (nSPS) is 13.8. The molecule has 0 aromatic heterocycles. The number of carbonyl (C=O) groups excluding carboxylic acids is 2. The third-order valence-electron chi connectivity index (χ3n) is 5.80. The van der Waals surface area contributed by atoms with E-state index in [0.717, 1.165) is 11.3 Å². The van der Waals surface area contributed by atoms with Gasteiger partial charge in [-0.3, -0.25) is 4.79 Å². The fourth-order valence-electron chi connectivity index (χ4n) is 3.92. The summed E-state index contributed by atoms with van der Waals surface area (Å²) in [7, 11) is -2.35. The van der Waals surface area contributed by atoms with Crippen LogP contribution >= 0.6 is 0 Å². The molecule has 1 fully saturated rings. The Labute approximate surface area is 243 Å². The number of ether oxygens (including phenoxy) is 2. The molecule has 224 valence electrons. The highest BCUT2D eigenvalue weighted by atomic mass is 32.2. The van der Waals surface area contributed by atoms with Gasteiger partial charge in [-0.2, -0.15) is 9.57 Å². The molecule has 2 aromatic carbocycles. The molecule has 12 heteroatoms. The Kier molecular flexibility index (Phi) is 12.0. The summed E-state index contributed by atoms with van der Waals surface area (Å²) in [5, 5.41) is 14.4. The van der Waals surface area contributed by atoms with E-state index in [4.69, 9.17) is 14.7 Å². The fraction of sp³-hybridized carbons (Fsp3) is 0.483. The summed E-state index contributed by atoms with van der Waals surface area (Å²) >= 11 is 0. The lowest BCUT2D eigenvalue weighted by Crippen LogP contribution is -2.51. The number of nitrogens with zero attached hydrogens (tertiary/aromatic N) is 3. The molecule has 0 spiro atoms. The van der Waals surface area contributed by atoms with Crippen molar-refractivity contribution in [3.63, 3.8) is 0 Å². The van der Waals surface area contributed by atoms with Gasteiger partial charge in [0.05, 0.1) is 12.5 Å². The highest BCUT2D eigenvalue weighted by Crippen LogP contribution is 2.34. The summed E-state index contributed by atoms with van der Waals surface area (Å²) in [4.78, 5) is 26.4. The lowest BCUT2D eigenvalue weighted by atomic mass is 10.2. The second-order valence-electron chi connectivity index (χ2n) is 10.1. The molecule has 41 heavy (non-hydrogen) atoms. The van der Waals surface area contributed by atoms with E-state index in [0.29, 0.717) is 5.75 Å². The zero-order valence-corrected chi connectivity index (χ0v) is 25.7. The summed E-state index contributed by atoms with van der Waals surface area (Å²) in [6.45, 7) is 11.7. The van der Waals surface area contributed by atoms with Crippen molar-refractivity contribution in [2.75, 3.05) is 45.1 Å². The number of nitrogens with one attached hydrogen (secondary N) is 2. The fourth-order valence-corrected chi connectivity index (χ4v) is 5.49. The minimum absolute atomic E-state index is 0.0496. The molecule has 1 heterocycles. The third kappa shape index (κ3) is 9.37. The number of nitriles is 1. The van der Waals surface area contributed by atoms with Gasteiger partial charge in [0.1, 0.15) is 22.0 Å². The molecule has 0 bridgehead atoms. The Morgan fingerprint density at radius 1 is 1.05 bits per heavy atom. The topological polar surface area (TPSA) is 141 Å². The van der Waals surface area contributed by atoms with Crippen LogP contribution in [0.15, 0.2) is 41.3 Å². The van der Waals surface area contributed by atoms with E-state index in [1.165, 1.54) is 27.4 Å². The van der Waals surface area contributed by atoms with Gasteiger partial charge in [0, 0.05) is 57.1 Å². The predicted molar refractivity (Wildman–Crippen MR) is 158 cm³/mol. The molecule has 1 saturated heterocycles. The number of carbonyl (C=O) groups is 2. The number of rotatable bonds is 8. The van der Waals surface area contributed by atoms with E-state index in [1.807, 2.05) is 32.9 Å². The summed E-state index contributed by atoms with van der Waals surface area (Å²) in [5.41, 5.74) is 1.16. The van der Waals surface area contributed by atoms with Gasteiger partial charge >= 0.3 is 6.09 Å². The van der Waals surface area contributed by atoms with Crippen LogP contribution in [-0.4, -0.2) is 75.0 Å². The van der Waals surface area contributed by atoms with Crippen LogP contribution in [-0.2, 0) is 14.8 Å². The summed E-state index contributed by atoms with van der Waals surface area (Å²) < 4.78 is 40.4. The number of aryl methyl sites for hydroxylation is 1. The van der Waals surface area contributed by atoms with Gasteiger partial charge in [-0.15, -0.1) is 0 Å². The zero-order valence-electron chi connectivity index (χ0n) is 24.9. The van der Waals surface area contributed by atoms with Crippen molar-refractivity contribution in [3.8, 4) is 17.6 Å². The first-order valence-electron chi connectivity index (χ1n) is 13.6. The summed E-state index contributed by atoms with van der Waals surface area (Å²) in [6, 6.07) is 11.6. The Morgan fingerprint density at radius 3 is 2.29 bits per heavy atom. The van der Waals surface area contributed by atoms with E-state index in [-0.39, 0.29) is 55.4 Å². The molecule has 2 amide bonds. The van der Waals surface area contributed by atoms with Gasteiger partial charge < -0.3 is 25.0 Å². The van der Waals surface area contributed by atoms with Crippen LogP contribution in [0.1, 0.15) is 57.0 Å². The van der Waals surface area contributed by atoms with E-state index in [2.05, 4.69) is 10.6 Å². The lowest BCUT2D eigenvalue weighted by molar-refractivity contribution is 0.0192. The van der Waals surface area contributed by atoms with Crippen LogP contribution in [0.3, 0.4) is 0 Å². The lowest BCUT2D eigenvalue weighted by Gasteiger charge is -2.35. The van der Waals surface area contributed by atoms with Gasteiger partial charge in [0.15, 0.2) is 0 Å².